The summed E-state index contributed by atoms with van der Waals surface area (Å²) in [6.45, 7) is -0.490. The van der Waals surface area contributed by atoms with E-state index < -0.39 is 23.4 Å². The molecule has 27 heavy (non-hydrogen) atoms. The number of amides is 1. The van der Waals surface area contributed by atoms with Gasteiger partial charge in [-0.15, -0.1) is 0 Å². The molecule has 0 spiro atoms. The Morgan fingerprint density at radius 1 is 1.26 bits per heavy atom. The number of nitrogens with one attached hydrogen (secondary N) is 1. The van der Waals surface area contributed by atoms with Crippen LogP contribution in [0.3, 0.4) is 0 Å². The van der Waals surface area contributed by atoms with E-state index in [0.29, 0.717) is 0 Å². The second-order valence-electron chi connectivity index (χ2n) is 6.21. The Morgan fingerprint density at radius 2 is 2.04 bits per heavy atom. The van der Waals surface area contributed by atoms with Crippen molar-refractivity contribution in [3.8, 4) is 0 Å². The summed E-state index contributed by atoms with van der Waals surface area (Å²) < 4.78 is 4.98. The van der Waals surface area contributed by atoms with Gasteiger partial charge in [0.05, 0.1) is 21.6 Å². The van der Waals surface area contributed by atoms with Crippen molar-refractivity contribution in [2.75, 3.05) is 6.61 Å². The predicted molar refractivity (Wildman–Crippen MR) is 98.7 cm³/mol. The molecule has 2 aromatic rings. The van der Waals surface area contributed by atoms with Crippen molar-refractivity contribution in [1.29, 1.82) is 0 Å². The smallest absolute Gasteiger partial charge is 0.340 e. The van der Waals surface area contributed by atoms with E-state index in [0.717, 1.165) is 30.9 Å². The van der Waals surface area contributed by atoms with Crippen molar-refractivity contribution in [3.05, 3.63) is 74.3 Å². The van der Waals surface area contributed by atoms with Crippen LogP contribution < -0.4 is 5.32 Å². The molecule has 0 unspecified atom stereocenters. The number of ether oxygens (including phenoxy) is 1. The maximum Gasteiger partial charge on any atom is 0.340 e. The van der Waals surface area contributed by atoms with Gasteiger partial charge in [-0.2, -0.15) is 0 Å². The number of benzene rings is 2. The van der Waals surface area contributed by atoms with Gasteiger partial charge in [0.1, 0.15) is 0 Å². The molecule has 0 saturated heterocycles. The van der Waals surface area contributed by atoms with Gasteiger partial charge in [0.2, 0.25) is 0 Å². The van der Waals surface area contributed by atoms with Gasteiger partial charge in [0.15, 0.2) is 6.61 Å². The van der Waals surface area contributed by atoms with E-state index in [9.17, 15) is 19.7 Å². The molecule has 3 rings (SSSR count). The number of aryl methyl sites for hydroxylation is 1. The number of fused-ring (bicyclic) bond motifs is 1. The van der Waals surface area contributed by atoms with Gasteiger partial charge in [-0.3, -0.25) is 14.9 Å². The van der Waals surface area contributed by atoms with Crippen LogP contribution in [-0.2, 0) is 16.0 Å². The molecule has 7 nitrogen and oxygen atoms in total. The predicted octanol–water partition coefficient (Wildman–Crippen LogP) is 3.60. The number of carbonyl (C=O) groups is 2. The Morgan fingerprint density at radius 3 is 2.81 bits per heavy atom. The van der Waals surface area contributed by atoms with E-state index in [-0.39, 0.29) is 22.3 Å². The van der Waals surface area contributed by atoms with Crippen molar-refractivity contribution in [1.82, 2.24) is 5.32 Å². The van der Waals surface area contributed by atoms with Crippen LogP contribution in [0.15, 0.2) is 42.5 Å². The Labute approximate surface area is 160 Å². The lowest BCUT2D eigenvalue weighted by molar-refractivity contribution is -0.384. The monoisotopic (exact) mass is 388 g/mol. The van der Waals surface area contributed by atoms with Gasteiger partial charge in [-0.05, 0) is 36.5 Å². The van der Waals surface area contributed by atoms with Crippen LogP contribution in [0.25, 0.3) is 0 Å². The summed E-state index contributed by atoms with van der Waals surface area (Å²) in [7, 11) is 0. The first kappa shape index (κ1) is 18.8. The molecule has 140 valence electrons. The molecule has 1 aliphatic rings. The average molecular weight is 389 g/mol. The fourth-order valence-corrected chi connectivity index (χ4v) is 3.33. The van der Waals surface area contributed by atoms with Gasteiger partial charge in [0, 0.05) is 12.1 Å². The first-order valence-electron chi connectivity index (χ1n) is 8.44. The van der Waals surface area contributed by atoms with E-state index in [2.05, 4.69) is 5.32 Å². The Hall–Kier alpha value is -2.93. The molecule has 2 aromatic carbocycles. The quantitative estimate of drug-likeness (QED) is 0.479. The van der Waals surface area contributed by atoms with Crippen molar-refractivity contribution < 1.29 is 19.2 Å². The summed E-state index contributed by atoms with van der Waals surface area (Å²) >= 11 is 5.90. The molecule has 0 heterocycles. The minimum atomic E-state index is -0.886. The van der Waals surface area contributed by atoms with E-state index >= 15 is 0 Å². The van der Waals surface area contributed by atoms with E-state index in [1.54, 1.807) is 0 Å². The molecular weight excluding hydrogens is 372 g/mol. The number of hydrogen-bond acceptors (Lipinski definition) is 5. The number of nitro benzene ring substituents is 1. The summed E-state index contributed by atoms with van der Waals surface area (Å²) in [5, 5.41) is 13.7. The normalized spacial score (nSPS) is 15.5. The molecule has 0 fully saturated rings. The minimum absolute atomic E-state index is 0.0206. The van der Waals surface area contributed by atoms with E-state index in [1.165, 1.54) is 17.7 Å². The highest BCUT2D eigenvalue weighted by molar-refractivity contribution is 6.33. The highest BCUT2D eigenvalue weighted by Gasteiger charge is 2.23. The largest absolute Gasteiger partial charge is 0.452 e. The Kier molecular flexibility index (Phi) is 5.71. The topological polar surface area (TPSA) is 98.5 Å². The van der Waals surface area contributed by atoms with Crippen LogP contribution in [0.2, 0.25) is 5.02 Å². The molecule has 0 radical (unpaired) electrons. The van der Waals surface area contributed by atoms with Crippen LogP contribution >= 0.6 is 11.6 Å². The van der Waals surface area contributed by atoms with E-state index in [1.807, 2.05) is 24.3 Å². The molecule has 1 atom stereocenters. The SMILES string of the molecule is O=C(COC(=O)c1cc([N+](=O)[O-])ccc1Cl)N[C@H]1CCCc2ccccc21. The molecule has 0 aliphatic heterocycles. The molecule has 0 aromatic heterocycles. The molecule has 1 aliphatic carbocycles. The fourth-order valence-electron chi connectivity index (χ4n) is 3.13. The summed E-state index contributed by atoms with van der Waals surface area (Å²) in [6, 6.07) is 11.2. The summed E-state index contributed by atoms with van der Waals surface area (Å²) in [6.07, 6.45) is 2.75. The number of esters is 1. The molecule has 1 N–H and O–H groups in total. The average Bonchev–Trinajstić information content (AvgIpc) is 2.66. The number of rotatable bonds is 5. The lowest BCUT2D eigenvalue weighted by atomic mass is 9.88. The number of nitrogens with zero attached hydrogens (tertiary/aromatic N) is 1. The van der Waals surface area contributed by atoms with Gasteiger partial charge in [-0.25, -0.2) is 4.79 Å². The third-order valence-electron chi connectivity index (χ3n) is 4.42. The standard InChI is InChI=1S/C19H17ClN2O5/c20-16-9-8-13(22(25)26)10-15(16)19(24)27-11-18(23)21-17-7-3-5-12-4-1-2-6-14(12)17/h1-2,4,6,8-10,17H,3,5,7,11H2,(H,21,23)/t17-/m0/s1. The maximum absolute atomic E-state index is 12.2. The van der Waals surface area contributed by atoms with Crippen molar-refractivity contribution in [2.45, 2.75) is 25.3 Å². The second-order valence-corrected chi connectivity index (χ2v) is 6.62. The fraction of sp³-hybridized carbons (Fsp3) is 0.263. The number of carbonyl (C=O) groups excluding carboxylic acids is 2. The molecule has 8 heteroatoms. The highest BCUT2D eigenvalue weighted by Crippen LogP contribution is 2.29. The first-order chi connectivity index (χ1) is 13.0. The first-order valence-corrected chi connectivity index (χ1v) is 8.81. The van der Waals surface area contributed by atoms with Gasteiger partial charge >= 0.3 is 5.97 Å². The van der Waals surface area contributed by atoms with Crippen molar-refractivity contribution in [2.24, 2.45) is 0 Å². The number of non-ortho nitro benzene ring substituents is 1. The van der Waals surface area contributed by atoms with E-state index in [4.69, 9.17) is 16.3 Å². The molecule has 0 bridgehead atoms. The number of hydrogen-bond donors (Lipinski definition) is 1. The number of halogens is 1. The summed E-state index contributed by atoms with van der Waals surface area (Å²) in [5.74, 6) is -1.32. The van der Waals surface area contributed by atoms with Crippen molar-refractivity contribution in [3.63, 3.8) is 0 Å². The zero-order valence-corrected chi connectivity index (χ0v) is 15.1. The van der Waals surface area contributed by atoms with Crippen LogP contribution in [0, 0.1) is 10.1 Å². The van der Waals surface area contributed by atoms with Gasteiger partial charge < -0.3 is 10.1 Å². The third kappa shape index (κ3) is 4.43. The van der Waals surface area contributed by atoms with Crippen LogP contribution in [0.1, 0.15) is 40.4 Å². The lowest BCUT2D eigenvalue weighted by Crippen LogP contribution is -2.34. The van der Waals surface area contributed by atoms with Crippen LogP contribution in [-0.4, -0.2) is 23.4 Å². The number of nitro groups is 1. The zero-order chi connectivity index (χ0) is 19.4. The maximum atomic E-state index is 12.2. The second kappa shape index (κ2) is 8.18. The Balaban J connectivity index is 1.61. The zero-order valence-electron chi connectivity index (χ0n) is 14.3. The highest BCUT2D eigenvalue weighted by atomic mass is 35.5. The lowest BCUT2D eigenvalue weighted by Gasteiger charge is -2.26. The van der Waals surface area contributed by atoms with Crippen LogP contribution in [0.5, 0.6) is 0 Å². The third-order valence-corrected chi connectivity index (χ3v) is 4.75. The van der Waals surface area contributed by atoms with Gasteiger partial charge in [-0.1, -0.05) is 35.9 Å². The van der Waals surface area contributed by atoms with Crippen LogP contribution in [0.4, 0.5) is 5.69 Å². The van der Waals surface area contributed by atoms with Crippen molar-refractivity contribution >= 4 is 29.2 Å². The van der Waals surface area contributed by atoms with Gasteiger partial charge in [0.25, 0.3) is 11.6 Å². The summed E-state index contributed by atoms with van der Waals surface area (Å²) in [5.41, 5.74) is 1.84. The molecule has 1 amide bonds. The molecule has 0 saturated carbocycles. The minimum Gasteiger partial charge on any atom is -0.452 e. The molecular formula is C19H17ClN2O5. The summed E-state index contributed by atoms with van der Waals surface area (Å²) in [4.78, 5) is 34.5. The Bertz CT molecular complexity index is 899.